The summed E-state index contributed by atoms with van der Waals surface area (Å²) in [5.74, 6) is -0.403. The molecule has 0 spiro atoms. The van der Waals surface area contributed by atoms with Crippen LogP contribution in [0.15, 0.2) is 36.4 Å². The van der Waals surface area contributed by atoms with Gasteiger partial charge in [-0.25, -0.2) is 9.37 Å². The number of aromatic nitrogens is 2. The molecule has 0 saturated carbocycles. The summed E-state index contributed by atoms with van der Waals surface area (Å²) in [6, 6.07) is 7.33. The summed E-state index contributed by atoms with van der Waals surface area (Å²) < 4.78 is 51.4. The van der Waals surface area contributed by atoms with Crippen molar-refractivity contribution in [2.45, 2.75) is 6.18 Å². The lowest BCUT2D eigenvalue weighted by atomic mass is 10.2. The molecule has 0 amide bonds. The van der Waals surface area contributed by atoms with E-state index in [0.717, 1.165) is 12.1 Å². The second-order valence-electron chi connectivity index (χ2n) is 4.42. The summed E-state index contributed by atoms with van der Waals surface area (Å²) in [6.45, 7) is 0. The Morgan fingerprint density at radius 3 is 2.57 bits per heavy atom. The van der Waals surface area contributed by atoms with E-state index in [-0.39, 0.29) is 16.4 Å². The van der Waals surface area contributed by atoms with Gasteiger partial charge >= 0.3 is 6.18 Å². The molecule has 0 aliphatic heterocycles. The van der Waals surface area contributed by atoms with Crippen LogP contribution in [-0.2, 0) is 6.18 Å². The largest absolute Gasteiger partial charge is 0.416 e. The van der Waals surface area contributed by atoms with E-state index in [9.17, 15) is 17.6 Å². The van der Waals surface area contributed by atoms with E-state index in [0.29, 0.717) is 11.1 Å². The minimum absolute atomic E-state index is 0.132. The van der Waals surface area contributed by atoms with Gasteiger partial charge in [0.25, 0.3) is 0 Å². The van der Waals surface area contributed by atoms with Gasteiger partial charge in [0.15, 0.2) is 0 Å². The number of halogens is 5. The monoisotopic (exact) mass is 314 g/mol. The summed E-state index contributed by atoms with van der Waals surface area (Å²) in [6.07, 6.45) is -4.43. The van der Waals surface area contributed by atoms with Crippen molar-refractivity contribution in [1.82, 2.24) is 9.97 Å². The predicted molar refractivity (Wildman–Crippen MR) is 71.5 cm³/mol. The molecule has 0 unspecified atom stereocenters. The molecule has 0 fully saturated rings. The van der Waals surface area contributed by atoms with E-state index in [1.807, 2.05) is 0 Å². The van der Waals surface area contributed by atoms with Gasteiger partial charge in [-0.15, -0.1) is 0 Å². The highest BCUT2D eigenvalue weighted by molar-refractivity contribution is 6.33. The predicted octanol–water partition coefficient (Wildman–Crippen LogP) is 5.04. The number of hydrogen-bond donors (Lipinski definition) is 1. The zero-order valence-electron chi connectivity index (χ0n) is 10.3. The molecule has 0 saturated heterocycles. The Labute approximate surface area is 121 Å². The summed E-state index contributed by atoms with van der Waals surface area (Å²) in [7, 11) is 0. The average Bonchev–Trinajstić information content (AvgIpc) is 2.83. The van der Waals surface area contributed by atoms with Gasteiger partial charge < -0.3 is 4.98 Å². The van der Waals surface area contributed by atoms with Gasteiger partial charge in [0.05, 0.1) is 21.6 Å². The number of imidazole rings is 1. The fraction of sp³-hybridized carbons (Fsp3) is 0.0714. The number of rotatable bonds is 1. The SMILES string of the molecule is Fc1cccc(-c2nc3ccc(C(F)(F)F)cc3[nH]2)c1Cl. The molecule has 108 valence electrons. The van der Waals surface area contributed by atoms with Crippen LogP contribution < -0.4 is 0 Å². The van der Waals surface area contributed by atoms with Crippen molar-refractivity contribution >= 4 is 22.6 Å². The Kier molecular flexibility index (Phi) is 3.13. The Balaban J connectivity index is 2.15. The van der Waals surface area contributed by atoms with Gasteiger partial charge in [-0.05, 0) is 30.3 Å². The molecular formula is C14H7ClF4N2. The fourth-order valence-corrected chi connectivity index (χ4v) is 2.22. The van der Waals surface area contributed by atoms with Gasteiger partial charge in [-0.1, -0.05) is 17.7 Å². The lowest BCUT2D eigenvalue weighted by Gasteiger charge is -2.05. The van der Waals surface area contributed by atoms with Crippen LogP contribution in [0.3, 0.4) is 0 Å². The number of nitrogens with one attached hydrogen (secondary N) is 1. The molecule has 0 radical (unpaired) electrons. The number of nitrogens with zero attached hydrogens (tertiary/aromatic N) is 1. The van der Waals surface area contributed by atoms with E-state index < -0.39 is 17.6 Å². The molecule has 2 nitrogen and oxygen atoms in total. The quantitative estimate of drug-likeness (QED) is 0.626. The Morgan fingerprint density at radius 2 is 1.86 bits per heavy atom. The van der Waals surface area contributed by atoms with Crippen molar-refractivity contribution in [3.05, 3.63) is 52.8 Å². The van der Waals surface area contributed by atoms with Gasteiger partial charge in [0.1, 0.15) is 11.6 Å². The fourth-order valence-electron chi connectivity index (χ4n) is 2.00. The van der Waals surface area contributed by atoms with Crippen molar-refractivity contribution in [2.24, 2.45) is 0 Å². The van der Waals surface area contributed by atoms with E-state index >= 15 is 0 Å². The molecule has 2 aromatic carbocycles. The Hall–Kier alpha value is -2.08. The summed E-state index contributed by atoms with van der Waals surface area (Å²) >= 11 is 5.84. The summed E-state index contributed by atoms with van der Waals surface area (Å²) in [5, 5.41) is -0.132. The summed E-state index contributed by atoms with van der Waals surface area (Å²) in [5.41, 5.74) is 0.0652. The number of fused-ring (bicyclic) bond motifs is 1. The maximum atomic E-state index is 13.4. The van der Waals surface area contributed by atoms with Crippen LogP contribution in [-0.4, -0.2) is 9.97 Å². The average molecular weight is 315 g/mol. The minimum atomic E-state index is -4.43. The molecule has 3 rings (SSSR count). The highest BCUT2D eigenvalue weighted by Crippen LogP contribution is 2.33. The van der Waals surface area contributed by atoms with E-state index in [1.54, 1.807) is 0 Å². The van der Waals surface area contributed by atoms with Crippen LogP contribution in [0.5, 0.6) is 0 Å². The van der Waals surface area contributed by atoms with Gasteiger partial charge in [-0.3, -0.25) is 0 Å². The molecule has 7 heteroatoms. The molecule has 21 heavy (non-hydrogen) atoms. The smallest absolute Gasteiger partial charge is 0.338 e. The van der Waals surface area contributed by atoms with Crippen molar-refractivity contribution < 1.29 is 17.6 Å². The molecule has 0 aliphatic rings. The van der Waals surface area contributed by atoms with Gasteiger partial charge in [0, 0.05) is 5.56 Å². The van der Waals surface area contributed by atoms with Crippen LogP contribution in [0.25, 0.3) is 22.4 Å². The third-order valence-corrected chi connectivity index (χ3v) is 3.40. The molecular weight excluding hydrogens is 308 g/mol. The van der Waals surface area contributed by atoms with Crippen molar-refractivity contribution in [2.75, 3.05) is 0 Å². The van der Waals surface area contributed by atoms with E-state index in [2.05, 4.69) is 9.97 Å². The highest BCUT2D eigenvalue weighted by atomic mass is 35.5. The number of H-pyrrole nitrogens is 1. The van der Waals surface area contributed by atoms with E-state index in [1.165, 1.54) is 24.3 Å². The van der Waals surface area contributed by atoms with E-state index in [4.69, 9.17) is 11.6 Å². The molecule has 3 aromatic rings. The number of hydrogen-bond acceptors (Lipinski definition) is 1. The maximum Gasteiger partial charge on any atom is 0.416 e. The van der Waals surface area contributed by atoms with Crippen molar-refractivity contribution in [3.63, 3.8) is 0 Å². The number of benzene rings is 2. The lowest BCUT2D eigenvalue weighted by molar-refractivity contribution is -0.137. The molecule has 0 bridgehead atoms. The molecule has 0 aliphatic carbocycles. The highest BCUT2D eigenvalue weighted by Gasteiger charge is 2.30. The first-order valence-corrected chi connectivity index (χ1v) is 6.25. The summed E-state index contributed by atoms with van der Waals surface area (Å²) in [4.78, 5) is 6.86. The second-order valence-corrected chi connectivity index (χ2v) is 4.79. The topological polar surface area (TPSA) is 28.7 Å². The molecule has 1 N–H and O–H groups in total. The van der Waals surface area contributed by atoms with Crippen LogP contribution in [0.2, 0.25) is 5.02 Å². The lowest BCUT2D eigenvalue weighted by Crippen LogP contribution is -2.04. The van der Waals surface area contributed by atoms with Crippen molar-refractivity contribution in [3.8, 4) is 11.4 Å². The van der Waals surface area contributed by atoms with Gasteiger partial charge in [-0.2, -0.15) is 13.2 Å². The van der Waals surface area contributed by atoms with Crippen molar-refractivity contribution in [1.29, 1.82) is 0 Å². The second kappa shape index (κ2) is 4.73. The number of aromatic amines is 1. The Morgan fingerprint density at radius 1 is 1.10 bits per heavy atom. The number of alkyl halides is 3. The molecule has 0 atom stereocenters. The zero-order valence-corrected chi connectivity index (χ0v) is 11.1. The first-order valence-electron chi connectivity index (χ1n) is 5.87. The maximum absolute atomic E-state index is 13.4. The third-order valence-electron chi connectivity index (χ3n) is 3.02. The minimum Gasteiger partial charge on any atom is -0.338 e. The Bertz CT molecular complexity index is 823. The normalized spacial score (nSPS) is 12.0. The molecule has 1 heterocycles. The first kappa shape index (κ1) is 13.9. The van der Waals surface area contributed by atoms with Crippen LogP contribution in [0.4, 0.5) is 17.6 Å². The standard InChI is InChI=1S/C14H7ClF4N2/c15-12-8(2-1-3-9(12)16)13-20-10-5-4-7(14(17,18)19)6-11(10)21-13/h1-6H,(H,20,21). The zero-order chi connectivity index (χ0) is 15.2. The van der Waals surface area contributed by atoms with Crippen LogP contribution >= 0.6 is 11.6 Å². The van der Waals surface area contributed by atoms with Crippen LogP contribution in [0, 0.1) is 5.82 Å². The van der Waals surface area contributed by atoms with Gasteiger partial charge in [0.2, 0.25) is 0 Å². The van der Waals surface area contributed by atoms with Crippen LogP contribution in [0.1, 0.15) is 5.56 Å². The third kappa shape index (κ3) is 2.47. The first-order chi connectivity index (χ1) is 9.86. The molecule has 1 aromatic heterocycles.